The summed E-state index contributed by atoms with van der Waals surface area (Å²) in [7, 11) is 0.293. The molecule has 0 fully saturated rings. The van der Waals surface area contributed by atoms with Crippen LogP contribution in [-0.4, -0.2) is 68.6 Å². The Bertz CT molecular complexity index is 1090. The Hall–Kier alpha value is -1.67. The zero-order valence-electron chi connectivity index (χ0n) is 15.2. The maximum Gasteiger partial charge on any atom is 2.00 e. The van der Waals surface area contributed by atoms with Crippen molar-refractivity contribution in [2.24, 2.45) is 0 Å². The number of imidazole rings is 1. The van der Waals surface area contributed by atoms with E-state index in [1.807, 2.05) is 54.2 Å². The fraction of sp³-hybridized carbons (Fsp3) is 0.158. The van der Waals surface area contributed by atoms with Gasteiger partial charge in [0, 0.05) is 29.8 Å². The van der Waals surface area contributed by atoms with Crippen LogP contribution in [0, 0.1) is 6.92 Å². The summed E-state index contributed by atoms with van der Waals surface area (Å²) in [4.78, 5) is 12.0. The van der Waals surface area contributed by atoms with Crippen LogP contribution < -0.4 is 4.74 Å². The molecule has 132 valence electrons. The van der Waals surface area contributed by atoms with Gasteiger partial charge in [0.2, 0.25) is 0 Å². The fourth-order valence-electron chi connectivity index (χ4n) is 2.87. The van der Waals surface area contributed by atoms with Crippen LogP contribution in [-0.2, 0) is 16.6 Å². The van der Waals surface area contributed by atoms with Gasteiger partial charge >= 0.3 is 37.7 Å². The van der Waals surface area contributed by atoms with E-state index in [-0.39, 0.29) is 43.5 Å². The summed E-state index contributed by atoms with van der Waals surface area (Å²) in [6.07, 6.45) is 5.63. The number of benzene rings is 1. The molecule has 0 radical (unpaired) electrons. The summed E-state index contributed by atoms with van der Waals surface area (Å²) < 4.78 is 20.1. The molecule has 4 aromatic rings. The Morgan fingerprint density at radius 2 is 2.00 bits per heavy atom. The molecule has 0 amide bonds. The normalized spacial score (nSPS) is 11.9. The summed E-state index contributed by atoms with van der Waals surface area (Å²) in [6.45, 7) is 1.92. The molecule has 0 bridgehead atoms. The molecule has 6 nitrogen and oxygen atoms in total. The number of nitrogens with one attached hydrogen (secondary N) is 1. The Morgan fingerprint density at radius 1 is 1.22 bits per heavy atom. The Balaban J connectivity index is 0.00000210. The predicted octanol–water partition coefficient (Wildman–Crippen LogP) is 2.99. The number of fused-ring (bicyclic) bond motifs is 1. The average molecular weight is 407 g/mol. The van der Waals surface area contributed by atoms with Crippen LogP contribution in [0.1, 0.15) is 11.3 Å². The molecule has 0 saturated carbocycles. The van der Waals surface area contributed by atoms with E-state index in [9.17, 15) is 4.21 Å². The van der Waals surface area contributed by atoms with Gasteiger partial charge in [-0.2, -0.15) is 0 Å². The first-order valence-electron chi connectivity index (χ1n) is 8.15. The maximum atomic E-state index is 12.8. The molecule has 1 atom stereocenters. The fourth-order valence-corrected chi connectivity index (χ4v) is 3.97. The van der Waals surface area contributed by atoms with E-state index in [1.165, 1.54) is 0 Å². The standard InChI is InChI=1S/C19H18N4O2S.Ca/c1-13-17(20-8-7-18(13)25-2)12-26(24)19-21-15-6-5-14(11-16(15)22-19)23-9-3-4-10-23;/h3-11H,12H2,1-2H3,(H,21,22);/q;+2. The van der Waals surface area contributed by atoms with E-state index in [2.05, 4.69) is 15.0 Å². The second-order valence-electron chi connectivity index (χ2n) is 5.91. The quantitative estimate of drug-likeness (QED) is 0.517. The number of hydrogen-bond donors (Lipinski definition) is 1. The topological polar surface area (TPSA) is 72.8 Å². The second kappa shape index (κ2) is 8.56. The van der Waals surface area contributed by atoms with E-state index in [1.54, 1.807) is 19.4 Å². The molecule has 3 heterocycles. The van der Waals surface area contributed by atoms with Crippen LogP contribution >= 0.6 is 0 Å². The van der Waals surface area contributed by atoms with Crippen LogP contribution in [0.25, 0.3) is 16.7 Å². The summed E-state index contributed by atoms with van der Waals surface area (Å²) in [5.74, 6) is 1.03. The van der Waals surface area contributed by atoms with Crippen LogP contribution in [0.15, 0.2) is 60.1 Å². The molecule has 0 aliphatic carbocycles. The Labute approximate surface area is 189 Å². The molecule has 8 heteroatoms. The third-order valence-electron chi connectivity index (χ3n) is 4.31. The zero-order valence-corrected chi connectivity index (χ0v) is 18.2. The number of aromatic nitrogens is 4. The first-order chi connectivity index (χ1) is 12.7. The van der Waals surface area contributed by atoms with Crippen molar-refractivity contribution in [1.29, 1.82) is 0 Å². The average Bonchev–Trinajstić information content (AvgIpc) is 3.32. The molecule has 1 N–H and O–H groups in total. The van der Waals surface area contributed by atoms with Crippen LogP contribution in [0.3, 0.4) is 0 Å². The molecule has 0 aliphatic heterocycles. The van der Waals surface area contributed by atoms with Gasteiger partial charge in [-0.3, -0.25) is 9.19 Å². The number of methoxy groups -OCH3 is 1. The van der Waals surface area contributed by atoms with Crippen molar-refractivity contribution in [2.75, 3.05) is 7.11 Å². The summed E-state index contributed by atoms with van der Waals surface area (Å²) in [5.41, 5.74) is 4.31. The van der Waals surface area contributed by atoms with Gasteiger partial charge in [-0.05, 0) is 43.3 Å². The second-order valence-corrected chi connectivity index (χ2v) is 7.27. The van der Waals surface area contributed by atoms with E-state index in [0.29, 0.717) is 5.16 Å². The molecule has 27 heavy (non-hydrogen) atoms. The Morgan fingerprint density at radius 3 is 2.74 bits per heavy atom. The van der Waals surface area contributed by atoms with Crippen LogP contribution in [0.2, 0.25) is 0 Å². The molecule has 4 rings (SSSR count). The largest absolute Gasteiger partial charge is 2.00 e. The zero-order chi connectivity index (χ0) is 18.1. The van der Waals surface area contributed by atoms with E-state index in [4.69, 9.17) is 4.74 Å². The van der Waals surface area contributed by atoms with Gasteiger partial charge in [0.25, 0.3) is 0 Å². The summed E-state index contributed by atoms with van der Waals surface area (Å²) in [5, 5.41) is 0.452. The summed E-state index contributed by atoms with van der Waals surface area (Å²) >= 11 is 0. The van der Waals surface area contributed by atoms with Gasteiger partial charge in [-0.15, -0.1) is 0 Å². The van der Waals surface area contributed by atoms with Crippen molar-refractivity contribution >= 4 is 59.6 Å². The van der Waals surface area contributed by atoms with E-state index in [0.717, 1.165) is 33.7 Å². The van der Waals surface area contributed by atoms with Gasteiger partial charge in [-0.25, -0.2) is 4.98 Å². The van der Waals surface area contributed by atoms with Gasteiger partial charge in [0.1, 0.15) is 5.75 Å². The van der Waals surface area contributed by atoms with Crippen LogP contribution in [0.4, 0.5) is 0 Å². The SMILES string of the molecule is COc1ccnc(CS(=O)c2nc3ccc(-n4cccc4)cc3[nH]2)c1C.[Ca+2]. The number of rotatable bonds is 5. The molecule has 0 saturated heterocycles. The van der Waals surface area contributed by atoms with Gasteiger partial charge in [0.15, 0.2) is 5.16 Å². The monoisotopic (exact) mass is 406 g/mol. The minimum absolute atomic E-state index is 0. The molecule has 1 unspecified atom stereocenters. The third-order valence-corrected chi connectivity index (χ3v) is 5.47. The smallest absolute Gasteiger partial charge is 0.496 e. The van der Waals surface area contributed by atoms with Crippen molar-refractivity contribution < 1.29 is 8.95 Å². The maximum absolute atomic E-state index is 12.8. The molecule has 3 aromatic heterocycles. The summed E-state index contributed by atoms with van der Waals surface area (Å²) in [6, 6.07) is 11.7. The number of nitrogens with zero attached hydrogens (tertiary/aromatic N) is 3. The molecular weight excluding hydrogens is 388 g/mol. The van der Waals surface area contributed by atoms with Gasteiger partial charge < -0.3 is 14.3 Å². The van der Waals surface area contributed by atoms with Gasteiger partial charge in [0.05, 0.1) is 40.4 Å². The Kier molecular flexibility index (Phi) is 6.36. The van der Waals surface area contributed by atoms with E-state index >= 15 is 0 Å². The first-order valence-corrected chi connectivity index (χ1v) is 9.47. The van der Waals surface area contributed by atoms with Crippen molar-refractivity contribution in [3.63, 3.8) is 0 Å². The number of H-pyrrole nitrogens is 1. The first kappa shape index (κ1) is 20.1. The van der Waals surface area contributed by atoms with Crippen molar-refractivity contribution in [3.8, 4) is 11.4 Å². The minimum Gasteiger partial charge on any atom is -0.496 e. The van der Waals surface area contributed by atoms with E-state index < -0.39 is 10.8 Å². The van der Waals surface area contributed by atoms with Crippen molar-refractivity contribution in [3.05, 3.63) is 66.2 Å². The number of pyridine rings is 1. The minimum atomic E-state index is -1.32. The number of hydrogen-bond acceptors (Lipinski definition) is 4. The van der Waals surface area contributed by atoms with Gasteiger partial charge in [-0.1, -0.05) is 0 Å². The number of aromatic amines is 1. The predicted molar refractivity (Wildman–Crippen MR) is 107 cm³/mol. The number of ether oxygens (including phenoxy) is 1. The van der Waals surface area contributed by atoms with Crippen molar-refractivity contribution in [2.45, 2.75) is 17.8 Å². The van der Waals surface area contributed by atoms with Crippen molar-refractivity contribution in [1.82, 2.24) is 19.5 Å². The third kappa shape index (κ3) is 4.11. The molecule has 1 aromatic carbocycles. The molecule has 0 aliphatic rings. The molecular formula is C19H18CaN4O2S+2. The van der Waals surface area contributed by atoms with Crippen LogP contribution in [0.5, 0.6) is 5.75 Å². The molecule has 0 spiro atoms.